The lowest BCUT2D eigenvalue weighted by Crippen LogP contribution is -2.59. The third-order valence-electron chi connectivity index (χ3n) is 8.86. The standard InChI is InChI=1S/C28H31FN4O4/c29-23-4-2-1-3-22(23)27(35)32-9-7-31(8-10-32)24-6-5-21(14-25(24)33(36)37)26(34)30-28-15-18-11-19(16-28)13-20(12-18)17-28/h1-6,14,18-20H,7-13,15-17H2,(H,30,34). The van der Waals surface area contributed by atoms with Crippen LogP contribution in [0.25, 0.3) is 0 Å². The van der Waals surface area contributed by atoms with E-state index in [-0.39, 0.29) is 28.6 Å². The number of nitrogens with one attached hydrogen (secondary N) is 1. The number of carbonyl (C=O) groups is 2. The minimum atomic E-state index is -0.562. The molecular weight excluding hydrogens is 475 g/mol. The van der Waals surface area contributed by atoms with Crippen molar-refractivity contribution < 1.29 is 18.9 Å². The molecule has 0 radical (unpaired) electrons. The molecular formula is C28H31FN4O4. The zero-order chi connectivity index (χ0) is 25.7. The Hall–Kier alpha value is -3.49. The number of piperazine rings is 1. The quantitative estimate of drug-likeness (QED) is 0.479. The average molecular weight is 507 g/mol. The van der Waals surface area contributed by atoms with E-state index >= 15 is 0 Å². The lowest BCUT2D eigenvalue weighted by molar-refractivity contribution is -0.384. The lowest BCUT2D eigenvalue weighted by atomic mass is 9.53. The van der Waals surface area contributed by atoms with E-state index in [0.717, 1.165) is 19.3 Å². The Labute approximate surface area is 215 Å². The van der Waals surface area contributed by atoms with Gasteiger partial charge in [-0.05, 0) is 80.5 Å². The zero-order valence-electron chi connectivity index (χ0n) is 20.7. The number of nitrogens with zero attached hydrogens (tertiary/aromatic N) is 3. The van der Waals surface area contributed by atoms with Gasteiger partial charge in [-0.2, -0.15) is 0 Å². The van der Waals surface area contributed by atoms with Gasteiger partial charge in [-0.1, -0.05) is 12.1 Å². The summed E-state index contributed by atoms with van der Waals surface area (Å²) in [5.41, 5.74) is 0.470. The van der Waals surface area contributed by atoms with E-state index in [1.165, 1.54) is 43.5 Å². The van der Waals surface area contributed by atoms with Gasteiger partial charge in [0.05, 0.1) is 10.5 Å². The van der Waals surface area contributed by atoms with Crippen molar-refractivity contribution in [2.45, 2.75) is 44.1 Å². The molecule has 2 aromatic carbocycles. The van der Waals surface area contributed by atoms with Gasteiger partial charge in [0, 0.05) is 43.3 Å². The van der Waals surface area contributed by atoms with Crippen molar-refractivity contribution in [2.24, 2.45) is 17.8 Å². The zero-order valence-corrected chi connectivity index (χ0v) is 20.7. The Balaban J connectivity index is 1.15. The molecule has 0 aromatic heterocycles. The second-order valence-corrected chi connectivity index (χ2v) is 11.4. The van der Waals surface area contributed by atoms with Crippen molar-refractivity contribution in [3.63, 3.8) is 0 Å². The van der Waals surface area contributed by atoms with Crippen molar-refractivity contribution in [2.75, 3.05) is 31.1 Å². The molecule has 0 atom stereocenters. The minimum Gasteiger partial charge on any atom is -0.362 e. The average Bonchev–Trinajstić information content (AvgIpc) is 2.87. The van der Waals surface area contributed by atoms with Crippen molar-refractivity contribution in [3.05, 3.63) is 69.5 Å². The van der Waals surface area contributed by atoms with E-state index in [9.17, 15) is 24.1 Å². The molecule has 2 amide bonds. The third-order valence-corrected chi connectivity index (χ3v) is 8.86. The van der Waals surface area contributed by atoms with Gasteiger partial charge in [0.25, 0.3) is 17.5 Å². The van der Waals surface area contributed by atoms with Gasteiger partial charge < -0.3 is 15.1 Å². The monoisotopic (exact) mass is 506 g/mol. The number of anilines is 1. The molecule has 5 fully saturated rings. The first kappa shape index (κ1) is 23.9. The van der Waals surface area contributed by atoms with E-state index in [1.54, 1.807) is 23.1 Å². The fourth-order valence-corrected chi connectivity index (χ4v) is 7.61. The van der Waals surface area contributed by atoms with Gasteiger partial charge in [0.2, 0.25) is 0 Å². The van der Waals surface area contributed by atoms with Crippen LogP contribution in [0.5, 0.6) is 0 Å². The summed E-state index contributed by atoms with van der Waals surface area (Å²) in [5, 5.41) is 15.3. The number of nitro groups is 1. The van der Waals surface area contributed by atoms with Crippen LogP contribution in [0.1, 0.15) is 59.2 Å². The summed E-state index contributed by atoms with van der Waals surface area (Å²) in [7, 11) is 0. The second kappa shape index (κ2) is 9.11. The molecule has 4 saturated carbocycles. The van der Waals surface area contributed by atoms with Crippen LogP contribution >= 0.6 is 0 Å². The number of carbonyl (C=O) groups excluding carboxylic acids is 2. The van der Waals surface area contributed by atoms with Crippen LogP contribution in [-0.2, 0) is 0 Å². The number of nitro benzene ring substituents is 1. The molecule has 4 aliphatic carbocycles. The van der Waals surface area contributed by atoms with Crippen molar-refractivity contribution in [1.82, 2.24) is 10.2 Å². The highest BCUT2D eigenvalue weighted by molar-refractivity contribution is 5.96. The Morgan fingerprint density at radius 2 is 1.57 bits per heavy atom. The van der Waals surface area contributed by atoms with Crippen LogP contribution < -0.4 is 10.2 Å². The molecule has 5 aliphatic rings. The van der Waals surface area contributed by atoms with Crippen molar-refractivity contribution in [1.29, 1.82) is 0 Å². The van der Waals surface area contributed by atoms with E-state index in [4.69, 9.17) is 0 Å². The number of amides is 2. The highest BCUT2D eigenvalue weighted by Crippen LogP contribution is 2.55. The topological polar surface area (TPSA) is 95.8 Å². The molecule has 1 saturated heterocycles. The first-order valence-electron chi connectivity index (χ1n) is 13.2. The predicted molar refractivity (Wildman–Crippen MR) is 136 cm³/mol. The van der Waals surface area contributed by atoms with Gasteiger partial charge in [-0.3, -0.25) is 19.7 Å². The van der Waals surface area contributed by atoms with Crippen LogP contribution in [0, 0.1) is 33.7 Å². The summed E-state index contributed by atoms with van der Waals surface area (Å²) in [6, 6.07) is 10.6. The van der Waals surface area contributed by atoms with Crippen LogP contribution in [0.4, 0.5) is 15.8 Å². The summed E-state index contributed by atoms with van der Waals surface area (Å²) >= 11 is 0. The van der Waals surface area contributed by atoms with Gasteiger partial charge in [-0.15, -0.1) is 0 Å². The van der Waals surface area contributed by atoms with E-state index < -0.39 is 10.7 Å². The Kier molecular flexibility index (Phi) is 5.88. The molecule has 1 N–H and O–H groups in total. The fourth-order valence-electron chi connectivity index (χ4n) is 7.61. The third kappa shape index (κ3) is 4.45. The Morgan fingerprint density at radius 3 is 2.16 bits per heavy atom. The molecule has 9 heteroatoms. The highest BCUT2D eigenvalue weighted by Gasteiger charge is 2.51. The fraction of sp³-hybridized carbons (Fsp3) is 0.500. The Morgan fingerprint density at radius 1 is 0.946 bits per heavy atom. The normalized spacial score (nSPS) is 28.3. The summed E-state index contributed by atoms with van der Waals surface area (Å²) in [6.07, 6.45) is 6.86. The van der Waals surface area contributed by atoms with Crippen LogP contribution in [0.2, 0.25) is 0 Å². The van der Waals surface area contributed by atoms with Gasteiger partial charge in [-0.25, -0.2) is 4.39 Å². The number of hydrogen-bond acceptors (Lipinski definition) is 5. The molecule has 4 bridgehead atoms. The first-order chi connectivity index (χ1) is 17.8. The number of rotatable bonds is 5. The van der Waals surface area contributed by atoms with E-state index in [0.29, 0.717) is 55.2 Å². The summed E-state index contributed by atoms with van der Waals surface area (Å²) in [4.78, 5) is 40.9. The molecule has 7 rings (SSSR count). The minimum absolute atomic E-state index is 0.0244. The maximum atomic E-state index is 14.1. The summed E-state index contributed by atoms with van der Waals surface area (Å²) in [5.74, 6) is 0.875. The van der Waals surface area contributed by atoms with Gasteiger partial charge in [0.15, 0.2) is 0 Å². The summed E-state index contributed by atoms with van der Waals surface area (Å²) < 4.78 is 14.1. The molecule has 194 valence electrons. The molecule has 2 aromatic rings. The molecule has 1 heterocycles. The first-order valence-corrected chi connectivity index (χ1v) is 13.2. The number of hydrogen-bond donors (Lipinski definition) is 1. The Bertz CT molecular complexity index is 1220. The molecule has 1 aliphatic heterocycles. The molecule has 0 unspecified atom stereocenters. The summed E-state index contributed by atoms with van der Waals surface area (Å²) in [6.45, 7) is 1.39. The highest BCUT2D eigenvalue weighted by atomic mass is 19.1. The largest absolute Gasteiger partial charge is 0.362 e. The maximum Gasteiger partial charge on any atom is 0.293 e. The smallest absolute Gasteiger partial charge is 0.293 e. The van der Waals surface area contributed by atoms with Gasteiger partial charge >= 0.3 is 0 Å². The van der Waals surface area contributed by atoms with E-state index in [2.05, 4.69) is 5.32 Å². The lowest BCUT2D eigenvalue weighted by Gasteiger charge is -2.56. The van der Waals surface area contributed by atoms with Crippen LogP contribution in [0.3, 0.4) is 0 Å². The molecule has 8 nitrogen and oxygen atoms in total. The van der Waals surface area contributed by atoms with Crippen LogP contribution in [-0.4, -0.2) is 53.4 Å². The van der Waals surface area contributed by atoms with E-state index in [1.807, 2.05) is 4.90 Å². The number of benzene rings is 2. The second-order valence-electron chi connectivity index (χ2n) is 11.4. The molecule has 37 heavy (non-hydrogen) atoms. The van der Waals surface area contributed by atoms with Crippen molar-refractivity contribution in [3.8, 4) is 0 Å². The van der Waals surface area contributed by atoms with Crippen molar-refractivity contribution >= 4 is 23.2 Å². The number of halogens is 1. The molecule has 0 spiro atoms. The van der Waals surface area contributed by atoms with Crippen LogP contribution in [0.15, 0.2) is 42.5 Å². The van der Waals surface area contributed by atoms with Gasteiger partial charge in [0.1, 0.15) is 11.5 Å². The predicted octanol–water partition coefficient (Wildman–Crippen LogP) is 4.39. The maximum absolute atomic E-state index is 14.1. The SMILES string of the molecule is O=C(NC12CC3CC(CC(C3)C1)C2)c1ccc(N2CCN(C(=O)c3ccccc3F)CC2)c([N+](=O)[O-])c1.